The lowest BCUT2D eigenvalue weighted by Gasteiger charge is -2.05. The number of aryl methyl sites for hydroxylation is 2. The van der Waals surface area contributed by atoms with E-state index < -0.39 is 0 Å². The number of rotatable bonds is 3. The van der Waals surface area contributed by atoms with Gasteiger partial charge in [0.2, 0.25) is 0 Å². The minimum absolute atomic E-state index is 0.836. The van der Waals surface area contributed by atoms with Crippen LogP contribution in [0.5, 0.6) is 0 Å². The predicted octanol–water partition coefficient (Wildman–Crippen LogP) is 5.17. The van der Waals surface area contributed by atoms with E-state index in [9.17, 15) is 0 Å². The molecule has 21 heavy (non-hydrogen) atoms. The van der Waals surface area contributed by atoms with Crippen molar-refractivity contribution in [1.29, 1.82) is 0 Å². The van der Waals surface area contributed by atoms with Gasteiger partial charge in [0, 0.05) is 10.5 Å². The van der Waals surface area contributed by atoms with Gasteiger partial charge >= 0.3 is 0 Å². The summed E-state index contributed by atoms with van der Waals surface area (Å²) in [7, 11) is 0. The summed E-state index contributed by atoms with van der Waals surface area (Å²) < 4.78 is 5.64. The zero-order chi connectivity index (χ0) is 14.8. The van der Waals surface area contributed by atoms with Gasteiger partial charge in [0.05, 0.1) is 11.3 Å². The Morgan fingerprint density at radius 2 is 1.81 bits per heavy atom. The summed E-state index contributed by atoms with van der Waals surface area (Å²) in [6, 6.07) is 16.4. The highest BCUT2D eigenvalue weighted by molar-refractivity contribution is 7.80. The molecule has 0 saturated heterocycles. The lowest BCUT2D eigenvalue weighted by molar-refractivity contribution is 0.424. The van der Waals surface area contributed by atoms with Crippen LogP contribution in [0.15, 0.2) is 57.9 Å². The van der Waals surface area contributed by atoms with E-state index in [1.807, 2.05) is 18.2 Å². The second-order valence-electron chi connectivity index (χ2n) is 5.10. The van der Waals surface area contributed by atoms with Gasteiger partial charge in [-0.15, -0.1) is 12.6 Å². The van der Waals surface area contributed by atoms with E-state index in [-0.39, 0.29) is 0 Å². The van der Waals surface area contributed by atoms with Crippen LogP contribution in [-0.2, 0) is 6.42 Å². The Bertz CT molecular complexity index is 759. The van der Waals surface area contributed by atoms with Crippen LogP contribution in [0, 0.1) is 6.92 Å². The Balaban J connectivity index is 2.19. The SMILES string of the molecule is CCc1noc(-c2cccc(C)c2)c1-c1ccc(S)cc1. The normalized spacial score (nSPS) is 10.8. The standard InChI is InChI=1S/C18H17NOS/c1-3-16-17(13-7-9-15(21)10-8-13)18(20-19-16)14-6-4-5-12(2)11-14/h4-11,21H,3H2,1-2H3. The van der Waals surface area contributed by atoms with Crippen LogP contribution in [0.1, 0.15) is 18.2 Å². The van der Waals surface area contributed by atoms with Gasteiger partial charge in [-0.25, -0.2) is 0 Å². The number of hydrogen-bond acceptors (Lipinski definition) is 3. The molecule has 3 aromatic rings. The molecule has 0 aliphatic rings. The van der Waals surface area contributed by atoms with Crippen LogP contribution in [-0.4, -0.2) is 5.16 Å². The van der Waals surface area contributed by atoms with Crippen molar-refractivity contribution in [3.8, 4) is 22.5 Å². The zero-order valence-electron chi connectivity index (χ0n) is 12.1. The van der Waals surface area contributed by atoms with Gasteiger partial charge in [-0.3, -0.25) is 0 Å². The van der Waals surface area contributed by atoms with Crippen LogP contribution >= 0.6 is 12.6 Å². The molecule has 1 heterocycles. The van der Waals surface area contributed by atoms with Crippen LogP contribution in [0.2, 0.25) is 0 Å². The fourth-order valence-corrected chi connectivity index (χ4v) is 2.62. The highest BCUT2D eigenvalue weighted by Crippen LogP contribution is 2.36. The van der Waals surface area contributed by atoms with Crippen molar-refractivity contribution in [2.45, 2.75) is 25.2 Å². The van der Waals surface area contributed by atoms with Crippen molar-refractivity contribution in [3.05, 3.63) is 59.8 Å². The first-order chi connectivity index (χ1) is 10.2. The summed E-state index contributed by atoms with van der Waals surface area (Å²) in [6.45, 7) is 4.17. The zero-order valence-corrected chi connectivity index (χ0v) is 13.0. The summed E-state index contributed by atoms with van der Waals surface area (Å²) >= 11 is 4.35. The maximum Gasteiger partial charge on any atom is 0.174 e. The monoisotopic (exact) mass is 295 g/mol. The third-order valence-electron chi connectivity index (χ3n) is 3.53. The van der Waals surface area contributed by atoms with E-state index in [0.717, 1.165) is 39.5 Å². The second-order valence-corrected chi connectivity index (χ2v) is 5.62. The maximum atomic E-state index is 5.64. The molecular formula is C18H17NOS. The number of hydrogen-bond donors (Lipinski definition) is 1. The first-order valence-electron chi connectivity index (χ1n) is 7.04. The molecule has 0 atom stereocenters. The quantitative estimate of drug-likeness (QED) is 0.675. The molecule has 2 aromatic carbocycles. The Hall–Kier alpha value is -2.00. The molecule has 2 nitrogen and oxygen atoms in total. The molecule has 0 bridgehead atoms. The number of nitrogens with zero attached hydrogens (tertiary/aromatic N) is 1. The van der Waals surface area contributed by atoms with E-state index in [2.05, 4.69) is 62.0 Å². The molecule has 0 radical (unpaired) electrons. The average molecular weight is 295 g/mol. The van der Waals surface area contributed by atoms with E-state index in [0.29, 0.717) is 0 Å². The molecule has 3 rings (SSSR count). The van der Waals surface area contributed by atoms with Crippen LogP contribution in [0.25, 0.3) is 22.5 Å². The summed E-state index contributed by atoms with van der Waals surface area (Å²) in [5, 5.41) is 4.25. The van der Waals surface area contributed by atoms with Crippen molar-refractivity contribution in [1.82, 2.24) is 5.16 Å². The van der Waals surface area contributed by atoms with Crippen LogP contribution in [0.3, 0.4) is 0 Å². The third kappa shape index (κ3) is 2.74. The Kier molecular flexibility index (Phi) is 3.84. The molecule has 0 N–H and O–H groups in total. The Morgan fingerprint density at radius 3 is 2.48 bits per heavy atom. The van der Waals surface area contributed by atoms with Gasteiger partial charge in [0.15, 0.2) is 5.76 Å². The molecule has 3 heteroatoms. The number of aromatic nitrogens is 1. The van der Waals surface area contributed by atoms with Crippen molar-refractivity contribution >= 4 is 12.6 Å². The van der Waals surface area contributed by atoms with Gasteiger partial charge in [0.1, 0.15) is 0 Å². The van der Waals surface area contributed by atoms with Crippen molar-refractivity contribution in [3.63, 3.8) is 0 Å². The van der Waals surface area contributed by atoms with E-state index in [1.165, 1.54) is 5.56 Å². The molecule has 1 aromatic heterocycles. The Morgan fingerprint density at radius 1 is 1.05 bits per heavy atom. The smallest absolute Gasteiger partial charge is 0.174 e. The molecule has 0 unspecified atom stereocenters. The first-order valence-corrected chi connectivity index (χ1v) is 7.48. The van der Waals surface area contributed by atoms with E-state index >= 15 is 0 Å². The van der Waals surface area contributed by atoms with Crippen molar-refractivity contribution in [2.75, 3.05) is 0 Å². The minimum Gasteiger partial charge on any atom is -0.355 e. The Labute approximate surface area is 130 Å². The molecule has 0 fully saturated rings. The lowest BCUT2D eigenvalue weighted by Crippen LogP contribution is -1.87. The fraction of sp³-hybridized carbons (Fsp3) is 0.167. The first kappa shape index (κ1) is 14.0. The highest BCUT2D eigenvalue weighted by Gasteiger charge is 2.18. The fourth-order valence-electron chi connectivity index (χ4n) is 2.47. The van der Waals surface area contributed by atoms with Crippen molar-refractivity contribution < 1.29 is 4.52 Å². The molecule has 0 aliphatic heterocycles. The summed E-state index contributed by atoms with van der Waals surface area (Å²) in [6.07, 6.45) is 0.841. The second kappa shape index (κ2) is 5.78. The summed E-state index contributed by atoms with van der Waals surface area (Å²) in [5.41, 5.74) is 5.45. The lowest BCUT2D eigenvalue weighted by atomic mass is 9.98. The largest absolute Gasteiger partial charge is 0.355 e. The molecule has 0 saturated carbocycles. The van der Waals surface area contributed by atoms with E-state index in [4.69, 9.17) is 4.52 Å². The minimum atomic E-state index is 0.836. The summed E-state index contributed by atoms with van der Waals surface area (Å²) in [5.74, 6) is 0.836. The van der Waals surface area contributed by atoms with Crippen molar-refractivity contribution in [2.24, 2.45) is 0 Å². The topological polar surface area (TPSA) is 26.0 Å². The van der Waals surface area contributed by atoms with Crippen LogP contribution in [0.4, 0.5) is 0 Å². The number of thiol groups is 1. The highest BCUT2D eigenvalue weighted by atomic mass is 32.1. The molecule has 0 amide bonds. The molecule has 0 spiro atoms. The predicted molar refractivity (Wildman–Crippen MR) is 88.7 cm³/mol. The maximum absolute atomic E-state index is 5.64. The molecule has 106 valence electrons. The van der Waals surface area contributed by atoms with Gasteiger partial charge in [-0.1, -0.05) is 48.0 Å². The molecular weight excluding hydrogens is 278 g/mol. The van der Waals surface area contributed by atoms with Gasteiger partial charge in [0.25, 0.3) is 0 Å². The van der Waals surface area contributed by atoms with Gasteiger partial charge in [-0.2, -0.15) is 0 Å². The third-order valence-corrected chi connectivity index (χ3v) is 3.83. The average Bonchev–Trinajstić information content (AvgIpc) is 2.92. The van der Waals surface area contributed by atoms with Gasteiger partial charge < -0.3 is 4.52 Å². The van der Waals surface area contributed by atoms with Gasteiger partial charge in [-0.05, 0) is 37.1 Å². The number of benzene rings is 2. The van der Waals surface area contributed by atoms with E-state index in [1.54, 1.807) is 0 Å². The molecule has 0 aliphatic carbocycles. The summed E-state index contributed by atoms with van der Waals surface area (Å²) in [4.78, 5) is 0.949. The van der Waals surface area contributed by atoms with Crippen LogP contribution < -0.4 is 0 Å².